The molecule has 0 saturated heterocycles. The van der Waals surface area contributed by atoms with Gasteiger partial charge in [-0.2, -0.15) is 13.2 Å². The Morgan fingerprint density at radius 3 is 2.33 bits per heavy atom. The number of alkyl halides is 3. The molecule has 0 aliphatic carbocycles. The maximum atomic E-state index is 13.0. The molecule has 4 nitrogen and oxygen atoms in total. The zero-order valence-electron chi connectivity index (χ0n) is 14.7. The number of aliphatic hydroxyl groups excluding tert-OH is 1. The van der Waals surface area contributed by atoms with Crippen molar-refractivity contribution in [3.8, 4) is 0 Å². The Labute approximate surface area is 154 Å². The molecule has 1 N–H and O–H groups in total. The van der Waals surface area contributed by atoms with E-state index in [1.807, 2.05) is 0 Å². The molecule has 0 unspecified atom stereocenters. The van der Waals surface area contributed by atoms with Crippen LogP contribution in [0.5, 0.6) is 0 Å². The third-order valence-electron chi connectivity index (χ3n) is 4.55. The van der Waals surface area contributed by atoms with Crippen molar-refractivity contribution in [1.29, 1.82) is 0 Å². The maximum Gasteiger partial charge on any atom is 0.416 e. The van der Waals surface area contributed by atoms with Gasteiger partial charge in [0.05, 0.1) is 22.6 Å². The molecule has 0 fully saturated rings. The molecule has 0 atom stereocenters. The predicted octanol–water partition coefficient (Wildman–Crippen LogP) is 4.17. The van der Waals surface area contributed by atoms with Gasteiger partial charge >= 0.3 is 6.18 Å². The number of rotatable bonds is 4. The van der Waals surface area contributed by atoms with E-state index in [1.54, 1.807) is 26.0 Å². The van der Waals surface area contributed by atoms with Gasteiger partial charge in [0.2, 0.25) is 0 Å². The van der Waals surface area contributed by atoms with Crippen molar-refractivity contribution >= 4 is 20.9 Å². The Bertz CT molecular complexity index is 1100. The lowest BCUT2D eigenvalue weighted by Crippen LogP contribution is -2.22. The minimum atomic E-state index is -4.50. The van der Waals surface area contributed by atoms with Crippen molar-refractivity contribution in [3.05, 3.63) is 65.9 Å². The molecule has 0 aliphatic rings. The second-order valence-electron chi connectivity index (χ2n) is 6.96. The molecule has 1 heterocycles. The molecule has 0 saturated carbocycles. The number of fused-ring (bicyclic) bond motifs is 1. The number of aliphatic hydroxyl groups is 1. The average Bonchev–Trinajstić information content (AvgIpc) is 3.05. The Morgan fingerprint density at radius 2 is 1.70 bits per heavy atom. The lowest BCUT2D eigenvalue weighted by atomic mass is 9.86. The number of aromatic nitrogens is 1. The van der Waals surface area contributed by atoms with E-state index < -0.39 is 27.2 Å². The van der Waals surface area contributed by atoms with E-state index in [1.165, 1.54) is 24.4 Å². The van der Waals surface area contributed by atoms with Crippen LogP contribution in [0.2, 0.25) is 0 Å². The summed E-state index contributed by atoms with van der Waals surface area (Å²) in [5, 5.41) is 9.69. The highest BCUT2D eigenvalue weighted by Crippen LogP contribution is 2.33. The van der Waals surface area contributed by atoms with Crippen molar-refractivity contribution in [2.45, 2.75) is 30.3 Å². The summed E-state index contributed by atoms with van der Waals surface area (Å²) in [5.74, 6) is 0. The second kappa shape index (κ2) is 6.38. The van der Waals surface area contributed by atoms with Crippen LogP contribution >= 0.6 is 0 Å². The molecular weight excluding hydrogens is 379 g/mol. The summed E-state index contributed by atoms with van der Waals surface area (Å²) in [6, 6.07) is 10.5. The molecule has 0 bridgehead atoms. The first-order valence-corrected chi connectivity index (χ1v) is 9.56. The standard InChI is InChI=1S/C19H18F3NO3S/c1-18(2,12-24)14-4-3-5-16(11-14)27(25,26)23-9-8-13-10-15(19(20,21)22)6-7-17(13)23/h3-11,24H,12H2,1-2H3. The molecule has 27 heavy (non-hydrogen) atoms. The van der Waals surface area contributed by atoms with Gasteiger partial charge in [0.25, 0.3) is 10.0 Å². The minimum Gasteiger partial charge on any atom is -0.395 e. The van der Waals surface area contributed by atoms with Gasteiger partial charge in [0.1, 0.15) is 0 Å². The van der Waals surface area contributed by atoms with Gasteiger partial charge < -0.3 is 5.11 Å². The second-order valence-corrected chi connectivity index (χ2v) is 8.77. The van der Waals surface area contributed by atoms with Crippen LogP contribution in [0.15, 0.2) is 59.6 Å². The van der Waals surface area contributed by atoms with Gasteiger partial charge in [-0.25, -0.2) is 12.4 Å². The smallest absolute Gasteiger partial charge is 0.395 e. The number of hydrogen-bond donors (Lipinski definition) is 1. The molecule has 0 amide bonds. The largest absolute Gasteiger partial charge is 0.416 e. The van der Waals surface area contributed by atoms with Crippen molar-refractivity contribution in [3.63, 3.8) is 0 Å². The fourth-order valence-corrected chi connectivity index (χ4v) is 4.19. The van der Waals surface area contributed by atoms with Crippen LogP contribution in [0.25, 0.3) is 10.9 Å². The van der Waals surface area contributed by atoms with Crippen LogP contribution < -0.4 is 0 Å². The summed E-state index contributed by atoms with van der Waals surface area (Å²) in [7, 11) is -4.01. The van der Waals surface area contributed by atoms with Crippen LogP contribution in [0, 0.1) is 0 Å². The summed E-state index contributed by atoms with van der Waals surface area (Å²) in [6.45, 7) is 3.40. The summed E-state index contributed by atoms with van der Waals surface area (Å²) in [6.07, 6.45) is -3.26. The van der Waals surface area contributed by atoms with Gasteiger partial charge in [-0.3, -0.25) is 0 Å². The molecule has 0 radical (unpaired) electrons. The number of benzene rings is 2. The summed E-state index contributed by atoms with van der Waals surface area (Å²) >= 11 is 0. The SMILES string of the molecule is CC(C)(CO)c1cccc(S(=O)(=O)n2ccc3cc(C(F)(F)F)ccc32)c1. The first-order valence-electron chi connectivity index (χ1n) is 8.12. The van der Waals surface area contributed by atoms with E-state index in [0.29, 0.717) is 5.56 Å². The first kappa shape index (κ1) is 19.4. The third-order valence-corrected chi connectivity index (χ3v) is 6.24. The minimum absolute atomic E-state index is 0.000997. The van der Waals surface area contributed by atoms with Crippen LogP contribution in [0.1, 0.15) is 25.0 Å². The van der Waals surface area contributed by atoms with E-state index in [9.17, 15) is 26.7 Å². The molecule has 0 aliphatic heterocycles. The quantitative estimate of drug-likeness (QED) is 0.719. The van der Waals surface area contributed by atoms with E-state index in [2.05, 4.69) is 0 Å². The Morgan fingerprint density at radius 1 is 1.00 bits per heavy atom. The zero-order valence-corrected chi connectivity index (χ0v) is 15.5. The van der Waals surface area contributed by atoms with E-state index in [4.69, 9.17) is 0 Å². The Hall–Kier alpha value is -2.32. The molecule has 144 valence electrons. The zero-order chi connectivity index (χ0) is 20.0. The summed E-state index contributed by atoms with van der Waals surface area (Å²) < 4.78 is 65.6. The van der Waals surface area contributed by atoms with Gasteiger partial charge in [-0.05, 0) is 42.0 Å². The summed E-state index contributed by atoms with van der Waals surface area (Å²) in [4.78, 5) is -0.000997. The van der Waals surface area contributed by atoms with E-state index >= 15 is 0 Å². The molecule has 0 spiro atoms. The lowest BCUT2D eigenvalue weighted by Gasteiger charge is -2.22. The maximum absolute atomic E-state index is 13.0. The van der Waals surface area contributed by atoms with Gasteiger partial charge in [-0.1, -0.05) is 26.0 Å². The van der Waals surface area contributed by atoms with Gasteiger partial charge in [0.15, 0.2) is 0 Å². The monoisotopic (exact) mass is 397 g/mol. The van der Waals surface area contributed by atoms with Crippen molar-refractivity contribution in [1.82, 2.24) is 3.97 Å². The molecule has 1 aromatic heterocycles. The van der Waals surface area contributed by atoms with Crippen LogP contribution in [-0.2, 0) is 21.6 Å². The highest BCUT2D eigenvalue weighted by Gasteiger charge is 2.31. The number of hydrogen-bond acceptors (Lipinski definition) is 3. The Kier molecular flexibility index (Phi) is 4.60. The third kappa shape index (κ3) is 3.46. The summed E-state index contributed by atoms with van der Waals surface area (Å²) in [5.41, 5.74) is -0.667. The molecule has 2 aromatic carbocycles. The lowest BCUT2D eigenvalue weighted by molar-refractivity contribution is -0.137. The predicted molar refractivity (Wildman–Crippen MR) is 96.1 cm³/mol. The average molecular weight is 397 g/mol. The van der Waals surface area contributed by atoms with Crippen LogP contribution in [0.4, 0.5) is 13.2 Å². The number of nitrogens with zero attached hydrogens (tertiary/aromatic N) is 1. The molecule has 3 rings (SSSR count). The number of halogens is 3. The van der Waals surface area contributed by atoms with Crippen LogP contribution in [-0.4, -0.2) is 24.1 Å². The highest BCUT2D eigenvalue weighted by molar-refractivity contribution is 7.90. The van der Waals surface area contributed by atoms with Crippen molar-refractivity contribution in [2.75, 3.05) is 6.61 Å². The van der Waals surface area contributed by atoms with Crippen LogP contribution in [0.3, 0.4) is 0 Å². The normalized spacial score (nSPS) is 13.3. The first-order chi connectivity index (χ1) is 12.5. The topological polar surface area (TPSA) is 59.3 Å². The van der Waals surface area contributed by atoms with Crippen molar-refractivity contribution < 1.29 is 26.7 Å². The fraction of sp³-hybridized carbons (Fsp3) is 0.263. The Balaban J connectivity index is 2.12. The fourth-order valence-electron chi connectivity index (χ4n) is 2.79. The van der Waals surface area contributed by atoms with Gasteiger partial charge in [-0.15, -0.1) is 0 Å². The van der Waals surface area contributed by atoms with E-state index in [-0.39, 0.29) is 22.4 Å². The van der Waals surface area contributed by atoms with Crippen molar-refractivity contribution in [2.24, 2.45) is 0 Å². The highest BCUT2D eigenvalue weighted by atomic mass is 32.2. The van der Waals surface area contributed by atoms with E-state index in [0.717, 1.165) is 22.2 Å². The van der Waals surface area contributed by atoms with Gasteiger partial charge in [0, 0.05) is 17.0 Å². The molecule has 8 heteroatoms. The molecular formula is C19H18F3NO3S. The molecule has 3 aromatic rings.